The first-order chi connectivity index (χ1) is 12.9. The average Bonchev–Trinajstić information content (AvgIpc) is 2.67. The van der Waals surface area contributed by atoms with Crippen molar-refractivity contribution < 1.29 is 14.5 Å². The summed E-state index contributed by atoms with van der Waals surface area (Å²) in [6.45, 7) is 11.9. The molecule has 2 aliphatic rings. The quantitative estimate of drug-likeness (QED) is 0.820. The van der Waals surface area contributed by atoms with E-state index < -0.39 is 0 Å². The van der Waals surface area contributed by atoms with E-state index in [0.717, 1.165) is 50.3 Å². The van der Waals surface area contributed by atoms with Crippen molar-refractivity contribution in [1.82, 2.24) is 4.90 Å². The van der Waals surface area contributed by atoms with E-state index in [0.29, 0.717) is 18.0 Å². The van der Waals surface area contributed by atoms with E-state index in [1.807, 2.05) is 24.3 Å². The third kappa shape index (κ3) is 4.34. The van der Waals surface area contributed by atoms with E-state index in [1.165, 1.54) is 11.3 Å². The minimum absolute atomic E-state index is 0.0234. The van der Waals surface area contributed by atoms with Crippen molar-refractivity contribution in [3.63, 3.8) is 0 Å². The number of benzene rings is 1. The molecule has 3 rings (SSSR count). The van der Waals surface area contributed by atoms with Crippen LogP contribution in [0.25, 0.3) is 0 Å². The van der Waals surface area contributed by atoms with E-state index in [9.17, 15) is 9.59 Å². The highest BCUT2D eigenvalue weighted by Gasteiger charge is 2.37. The molecular weight excluding hydrogens is 338 g/mol. The molecule has 0 aliphatic carbocycles. The number of Topliss-reactive ketones (excluding diaryl/α,β-unsaturated/α-hetero) is 1. The number of hydrogen-bond donors (Lipinski definition) is 1. The largest absolute Gasteiger partial charge is 0.360 e. The van der Waals surface area contributed by atoms with Crippen LogP contribution in [0.2, 0.25) is 0 Å². The second kappa shape index (κ2) is 8.42. The van der Waals surface area contributed by atoms with Gasteiger partial charge in [-0.25, -0.2) is 0 Å². The molecule has 5 heteroatoms. The van der Waals surface area contributed by atoms with Gasteiger partial charge >= 0.3 is 0 Å². The second-order valence-corrected chi connectivity index (χ2v) is 8.34. The van der Waals surface area contributed by atoms with Gasteiger partial charge in [0.15, 0.2) is 11.8 Å². The van der Waals surface area contributed by atoms with Gasteiger partial charge in [-0.2, -0.15) is 0 Å². The Morgan fingerprint density at radius 3 is 2.11 bits per heavy atom. The summed E-state index contributed by atoms with van der Waals surface area (Å²) in [7, 11) is 0. The Bertz CT molecular complexity index is 655. The number of quaternary nitrogens is 1. The lowest BCUT2D eigenvalue weighted by Crippen LogP contribution is -3.19. The molecule has 1 aromatic carbocycles. The number of ketones is 1. The molecule has 27 heavy (non-hydrogen) atoms. The van der Waals surface area contributed by atoms with Crippen molar-refractivity contribution in [2.75, 3.05) is 31.1 Å². The highest BCUT2D eigenvalue weighted by atomic mass is 16.2. The highest BCUT2D eigenvalue weighted by Crippen LogP contribution is 2.23. The number of amides is 1. The van der Waals surface area contributed by atoms with Gasteiger partial charge in [0.2, 0.25) is 0 Å². The molecule has 148 valence electrons. The number of piperidine rings is 1. The monoisotopic (exact) mass is 372 g/mol. The molecule has 0 unspecified atom stereocenters. The fraction of sp³-hybridized carbons (Fsp3) is 0.636. The van der Waals surface area contributed by atoms with Crippen LogP contribution < -0.4 is 9.80 Å². The number of carbonyl (C=O) groups excluding carboxylic acids is 2. The Hall–Kier alpha value is -1.88. The molecule has 0 aromatic heterocycles. The number of rotatable bonds is 4. The topological polar surface area (TPSA) is 45.1 Å². The van der Waals surface area contributed by atoms with Gasteiger partial charge in [0.05, 0.1) is 26.2 Å². The normalized spacial score (nSPS) is 25.3. The maximum absolute atomic E-state index is 13.1. The van der Waals surface area contributed by atoms with Crippen LogP contribution in [-0.4, -0.2) is 60.9 Å². The number of nitrogens with one attached hydrogen (secondary N) is 1. The predicted octanol–water partition coefficient (Wildman–Crippen LogP) is 1.77. The molecule has 2 saturated heterocycles. The lowest BCUT2D eigenvalue weighted by Gasteiger charge is -2.42. The maximum atomic E-state index is 13.1. The Morgan fingerprint density at radius 2 is 1.59 bits per heavy atom. The second-order valence-electron chi connectivity index (χ2n) is 8.34. The van der Waals surface area contributed by atoms with Gasteiger partial charge in [0.25, 0.3) is 5.91 Å². The first kappa shape index (κ1) is 19.9. The molecule has 2 aliphatic heterocycles. The summed E-state index contributed by atoms with van der Waals surface area (Å²) in [5.74, 6) is 0.424. The van der Waals surface area contributed by atoms with Crippen molar-refractivity contribution in [1.29, 1.82) is 0 Å². The molecule has 0 bridgehead atoms. The summed E-state index contributed by atoms with van der Waals surface area (Å²) in [5, 5.41) is 0. The number of piperazine rings is 1. The molecule has 0 saturated carbocycles. The van der Waals surface area contributed by atoms with Crippen LogP contribution in [0.1, 0.15) is 57.3 Å². The van der Waals surface area contributed by atoms with E-state index in [-0.39, 0.29) is 11.8 Å². The predicted molar refractivity (Wildman–Crippen MR) is 108 cm³/mol. The maximum Gasteiger partial charge on any atom is 0.281 e. The third-order valence-electron chi connectivity index (χ3n) is 6.48. The average molecular weight is 373 g/mol. The first-order valence-corrected chi connectivity index (χ1v) is 10.4. The number of anilines is 1. The van der Waals surface area contributed by atoms with E-state index >= 15 is 0 Å². The fourth-order valence-corrected chi connectivity index (χ4v) is 4.65. The summed E-state index contributed by atoms with van der Waals surface area (Å²) in [4.78, 5) is 30.5. The molecule has 1 aromatic rings. The zero-order valence-corrected chi connectivity index (χ0v) is 17.2. The lowest BCUT2D eigenvalue weighted by molar-refractivity contribution is -0.915. The van der Waals surface area contributed by atoms with Gasteiger partial charge in [-0.05, 0) is 71.2 Å². The minimum atomic E-state index is 0.0234. The van der Waals surface area contributed by atoms with Crippen LogP contribution in [-0.2, 0) is 4.79 Å². The van der Waals surface area contributed by atoms with Gasteiger partial charge in [-0.3, -0.25) is 9.59 Å². The number of nitrogens with zero attached hydrogens (tertiary/aromatic N) is 2. The minimum Gasteiger partial charge on any atom is -0.360 e. The summed E-state index contributed by atoms with van der Waals surface area (Å²) in [6.07, 6.45) is 3.48. The van der Waals surface area contributed by atoms with Crippen molar-refractivity contribution in [3.8, 4) is 0 Å². The van der Waals surface area contributed by atoms with Crippen molar-refractivity contribution in [2.24, 2.45) is 0 Å². The van der Waals surface area contributed by atoms with E-state index in [1.54, 1.807) is 6.92 Å². The number of hydrogen-bond acceptors (Lipinski definition) is 3. The fourth-order valence-electron chi connectivity index (χ4n) is 4.65. The zero-order valence-electron chi connectivity index (χ0n) is 17.2. The molecular formula is C22H34N3O2+. The van der Waals surface area contributed by atoms with Gasteiger partial charge in [0, 0.05) is 23.3 Å². The standard InChI is InChI=1S/C22H33N3O2/c1-16-6-5-7-17(2)25(16)22(27)18(3)23-12-14-24(15-13-23)21-10-8-20(9-11-21)19(4)26/h8-11,16-18H,5-7,12-15H2,1-4H3/p+1/t16-,17+,18-/m1/s1. The Balaban J connectivity index is 1.58. The molecule has 1 N–H and O–H groups in total. The zero-order chi connectivity index (χ0) is 19.6. The third-order valence-corrected chi connectivity index (χ3v) is 6.48. The Labute approximate surface area is 163 Å². The Kier molecular flexibility index (Phi) is 6.20. The molecule has 3 atom stereocenters. The van der Waals surface area contributed by atoms with Gasteiger partial charge < -0.3 is 14.7 Å². The lowest BCUT2D eigenvalue weighted by atomic mass is 9.96. The molecule has 2 fully saturated rings. The Morgan fingerprint density at radius 1 is 1.04 bits per heavy atom. The van der Waals surface area contributed by atoms with Gasteiger partial charge in [0.1, 0.15) is 0 Å². The van der Waals surface area contributed by atoms with Crippen LogP contribution in [0.5, 0.6) is 0 Å². The van der Waals surface area contributed by atoms with Crippen LogP contribution in [0.3, 0.4) is 0 Å². The van der Waals surface area contributed by atoms with Crippen molar-refractivity contribution >= 4 is 17.4 Å². The van der Waals surface area contributed by atoms with Gasteiger partial charge in [-0.1, -0.05) is 0 Å². The SMILES string of the molecule is CC(=O)c1ccc(N2CC[NH+]([C@H](C)C(=O)N3[C@H](C)CCC[C@@H]3C)CC2)cc1. The molecule has 0 radical (unpaired) electrons. The van der Waals surface area contributed by atoms with Crippen LogP contribution in [0.15, 0.2) is 24.3 Å². The molecule has 0 spiro atoms. The van der Waals surface area contributed by atoms with Crippen LogP contribution in [0, 0.1) is 0 Å². The smallest absolute Gasteiger partial charge is 0.281 e. The van der Waals surface area contributed by atoms with Gasteiger partial charge in [-0.15, -0.1) is 0 Å². The number of carbonyl (C=O) groups is 2. The van der Waals surface area contributed by atoms with E-state index in [2.05, 4.69) is 30.6 Å². The van der Waals surface area contributed by atoms with Crippen LogP contribution in [0.4, 0.5) is 5.69 Å². The van der Waals surface area contributed by atoms with Crippen molar-refractivity contribution in [2.45, 2.75) is 65.1 Å². The van der Waals surface area contributed by atoms with E-state index in [4.69, 9.17) is 0 Å². The molecule has 1 amide bonds. The molecule has 2 heterocycles. The van der Waals surface area contributed by atoms with Crippen molar-refractivity contribution in [3.05, 3.63) is 29.8 Å². The molecule has 5 nitrogen and oxygen atoms in total. The summed E-state index contributed by atoms with van der Waals surface area (Å²) < 4.78 is 0. The number of likely N-dealkylation sites (tertiary alicyclic amines) is 1. The summed E-state index contributed by atoms with van der Waals surface area (Å²) in [5.41, 5.74) is 1.92. The summed E-state index contributed by atoms with van der Waals surface area (Å²) >= 11 is 0. The first-order valence-electron chi connectivity index (χ1n) is 10.4. The summed E-state index contributed by atoms with van der Waals surface area (Å²) in [6, 6.07) is 8.63. The van der Waals surface area contributed by atoms with Crippen LogP contribution >= 0.6 is 0 Å². The highest BCUT2D eigenvalue weighted by molar-refractivity contribution is 5.94.